The number of para-hydroxylation sites is 1. The number of benzene rings is 3. The van der Waals surface area contributed by atoms with Crippen LogP contribution in [0.25, 0.3) is 0 Å². The summed E-state index contributed by atoms with van der Waals surface area (Å²) in [7, 11) is 3.19. The standard InChI is InChI=1S/C38H50N4O6/c1-27-18-21-42(22-19-27)36(43)13-6-5-9-23-48-35-25-28(2)14-17-32(35)41(3)38(45)29-15-16-31(34(26-29)46-4)40-37(44)30-11-7-8-12-33(30)47-24-10-20-39/h7-8,11-12,14-17,25-27H,5-6,9-10,13,18-24,39H2,1-4H3,(H,40,44). The number of carbonyl (C=O) groups excluding carboxylic acids is 3. The molecule has 0 unspecified atom stereocenters. The molecule has 258 valence electrons. The van der Waals surface area contributed by atoms with Crippen LogP contribution < -0.4 is 30.2 Å². The summed E-state index contributed by atoms with van der Waals surface area (Å²) in [5, 5.41) is 2.88. The number of nitrogens with two attached hydrogens (primary N) is 1. The van der Waals surface area contributed by atoms with Gasteiger partial charge in [-0.2, -0.15) is 0 Å². The third-order valence-electron chi connectivity index (χ3n) is 8.64. The number of hydrogen-bond donors (Lipinski definition) is 2. The monoisotopic (exact) mass is 658 g/mol. The van der Waals surface area contributed by atoms with Gasteiger partial charge in [-0.3, -0.25) is 14.4 Å². The fourth-order valence-electron chi connectivity index (χ4n) is 5.63. The highest BCUT2D eigenvalue weighted by Crippen LogP contribution is 2.32. The first-order valence-electron chi connectivity index (χ1n) is 16.9. The van der Waals surface area contributed by atoms with Gasteiger partial charge in [0, 0.05) is 32.1 Å². The maximum absolute atomic E-state index is 13.7. The van der Waals surface area contributed by atoms with E-state index in [2.05, 4.69) is 12.2 Å². The minimum Gasteiger partial charge on any atom is -0.495 e. The highest BCUT2D eigenvalue weighted by atomic mass is 16.5. The second-order valence-corrected chi connectivity index (χ2v) is 12.4. The highest BCUT2D eigenvalue weighted by Gasteiger charge is 2.22. The number of likely N-dealkylation sites (tertiary alicyclic amines) is 1. The van der Waals surface area contributed by atoms with Gasteiger partial charge in [0.25, 0.3) is 11.8 Å². The topological polar surface area (TPSA) is 123 Å². The highest BCUT2D eigenvalue weighted by molar-refractivity contribution is 6.09. The zero-order valence-corrected chi connectivity index (χ0v) is 28.8. The Morgan fingerprint density at radius 3 is 2.38 bits per heavy atom. The Balaban J connectivity index is 1.35. The predicted octanol–water partition coefficient (Wildman–Crippen LogP) is 6.46. The number of anilines is 2. The molecule has 10 heteroatoms. The minimum atomic E-state index is -0.363. The third kappa shape index (κ3) is 9.97. The van der Waals surface area contributed by atoms with Crippen molar-refractivity contribution in [3.63, 3.8) is 0 Å². The molecule has 0 spiro atoms. The van der Waals surface area contributed by atoms with Gasteiger partial charge >= 0.3 is 0 Å². The van der Waals surface area contributed by atoms with Crippen molar-refractivity contribution in [3.8, 4) is 17.2 Å². The Morgan fingerprint density at radius 1 is 0.896 bits per heavy atom. The van der Waals surface area contributed by atoms with Gasteiger partial charge in [0.1, 0.15) is 17.2 Å². The van der Waals surface area contributed by atoms with Crippen molar-refractivity contribution in [1.29, 1.82) is 0 Å². The first-order chi connectivity index (χ1) is 23.2. The molecule has 1 aliphatic rings. The molecule has 3 aromatic rings. The molecule has 1 saturated heterocycles. The van der Waals surface area contributed by atoms with Crippen molar-refractivity contribution in [2.24, 2.45) is 11.7 Å². The Bertz CT molecular complexity index is 1540. The quantitative estimate of drug-likeness (QED) is 0.169. The molecule has 0 saturated carbocycles. The zero-order valence-electron chi connectivity index (χ0n) is 28.8. The van der Waals surface area contributed by atoms with Gasteiger partial charge in [-0.1, -0.05) is 25.1 Å². The normalized spacial score (nSPS) is 13.1. The van der Waals surface area contributed by atoms with Crippen LogP contribution in [0, 0.1) is 12.8 Å². The zero-order chi connectivity index (χ0) is 34.5. The van der Waals surface area contributed by atoms with Crippen molar-refractivity contribution in [2.75, 3.05) is 57.2 Å². The van der Waals surface area contributed by atoms with Gasteiger partial charge in [0.2, 0.25) is 5.91 Å². The van der Waals surface area contributed by atoms with Crippen LogP contribution in [0.4, 0.5) is 11.4 Å². The number of unbranched alkanes of at least 4 members (excludes halogenated alkanes) is 2. The second-order valence-electron chi connectivity index (χ2n) is 12.4. The molecule has 48 heavy (non-hydrogen) atoms. The lowest BCUT2D eigenvalue weighted by Crippen LogP contribution is -2.37. The second kappa shape index (κ2) is 18.1. The van der Waals surface area contributed by atoms with Crippen molar-refractivity contribution >= 4 is 29.1 Å². The summed E-state index contributed by atoms with van der Waals surface area (Å²) in [5.74, 6) is 1.76. The summed E-state index contributed by atoms with van der Waals surface area (Å²) in [6, 6.07) is 17.7. The number of methoxy groups -OCH3 is 1. The minimum absolute atomic E-state index is 0.255. The average Bonchev–Trinajstić information content (AvgIpc) is 3.09. The number of nitrogens with one attached hydrogen (secondary N) is 1. The van der Waals surface area contributed by atoms with Crippen LogP contribution in [0.15, 0.2) is 60.7 Å². The summed E-state index contributed by atoms with van der Waals surface area (Å²) in [6.07, 6.45) is 5.96. The van der Waals surface area contributed by atoms with E-state index < -0.39 is 0 Å². The first-order valence-corrected chi connectivity index (χ1v) is 16.9. The molecule has 0 aliphatic carbocycles. The first kappa shape index (κ1) is 36.3. The van der Waals surface area contributed by atoms with Gasteiger partial charge in [0.15, 0.2) is 0 Å². The molecule has 10 nitrogen and oxygen atoms in total. The lowest BCUT2D eigenvalue weighted by Gasteiger charge is -2.30. The van der Waals surface area contributed by atoms with E-state index in [0.717, 1.165) is 50.8 Å². The molecule has 3 N–H and O–H groups in total. The molecule has 4 rings (SSSR count). The number of hydrogen-bond acceptors (Lipinski definition) is 7. The van der Waals surface area contributed by atoms with E-state index in [1.165, 1.54) is 7.11 Å². The molecule has 0 radical (unpaired) electrons. The molecule has 3 aromatic carbocycles. The van der Waals surface area contributed by atoms with Crippen LogP contribution in [-0.4, -0.2) is 69.6 Å². The maximum Gasteiger partial charge on any atom is 0.259 e. The van der Waals surface area contributed by atoms with Gasteiger partial charge in [-0.25, -0.2) is 0 Å². The summed E-state index contributed by atoms with van der Waals surface area (Å²) >= 11 is 0. The summed E-state index contributed by atoms with van der Waals surface area (Å²) in [6.45, 7) is 7.36. The molecule has 1 aliphatic heterocycles. The summed E-state index contributed by atoms with van der Waals surface area (Å²) in [4.78, 5) is 42.9. The van der Waals surface area contributed by atoms with E-state index in [4.69, 9.17) is 19.9 Å². The SMILES string of the molecule is COc1cc(C(=O)N(C)c2ccc(C)cc2OCCCCCC(=O)N2CCC(C)CC2)ccc1NC(=O)c1ccccc1OCCCN. The van der Waals surface area contributed by atoms with Crippen LogP contribution in [0.5, 0.6) is 17.2 Å². The van der Waals surface area contributed by atoms with Crippen LogP contribution in [-0.2, 0) is 4.79 Å². The largest absolute Gasteiger partial charge is 0.495 e. The van der Waals surface area contributed by atoms with Crippen LogP contribution in [0.1, 0.15) is 78.1 Å². The number of piperidine rings is 1. The maximum atomic E-state index is 13.7. The number of nitrogens with zero attached hydrogens (tertiary/aromatic N) is 2. The molecule has 3 amide bonds. The smallest absolute Gasteiger partial charge is 0.259 e. The molecule has 0 aromatic heterocycles. The van der Waals surface area contributed by atoms with Gasteiger partial charge in [-0.05, 0) is 106 Å². The van der Waals surface area contributed by atoms with Crippen molar-refractivity contribution < 1.29 is 28.6 Å². The van der Waals surface area contributed by atoms with Crippen molar-refractivity contribution in [1.82, 2.24) is 4.90 Å². The van der Waals surface area contributed by atoms with Gasteiger partial charge < -0.3 is 35.1 Å². The average molecular weight is 659 g/mol. The summed E-state index contributed by atoms with van der Waals surface area (Å²) < 4.78 is 17.5. The Kier molecular flexibility index (Phi) is 13.7. The van der Waals surface area contributed by atoms with Gasteiger partial charge in [-0.15, -0.1) is 0 Å². The lowest BCUT2D eigenvalue weighted by molar-refractivity contribution is -0.132. The Morgan fingerprint density at radius 2 is 1.62 bits per heavy atom. The number of amides is 3. The Hall–Kier alpha value is -4.57. The lowest BCUT2D eigenvalue weighted by atomic mass is 9.99. The van der Waals surface area contributed by atoms with E-state index in [1.807, 2.05) is 30.0 Å². The summed E-state index contributed by atoms with van der Waals surface area (Å²) in [5.41, 5.74) is 8.41. The number of rotatable bonds is 16. The number of aryl methyl sites for hydroxylation is 1. The van der Waals surface area contributed by atoms with E-state index in [0.29, 0.717) is 78.3 Å². The Labute approximate surface area is 284 Å². The van der Waals surface area contributed by atoms with E-state index >= 15 is 0 Å². The fourth-order valence-corrected chi connectivity index (χ4v) is 5.63. The van der Waals surface area contributed by atoms with E-state index in [-0.39, 0.29) is 17.7 Å². The van der Waals surface area contributed by atoms with E-state index in [1.54, 1.807) is 54.4 Å². The molecular formula is C38H50N4O6. The number of carbonyl (C=O) groups is 3. The molecular weight excluding hydrogens is 608 g/mol. The van der Waals surface area contributed by atoms with Crippen LogP contribution >= 0.6 is 0 Å². The molecule has 1 heterocycles. The molecule has 0 bridgehead atoms. The van der Waals surface area contributed by atoms with Crippen LogP contribution in [0.3, 0.4) is 0 Å². The van der Waals surface area contributed by atoms with Crippen molar-refractivity contribution in [2.45, 2.75) is 58.8 Å². The van der Waals surface area contributed by atoms with Crippen LogP contribution in [0.2, 0.25) is 0 Å². The third-order valence-corrected chi connectivity index (χ3v) is 8.64. The van der Waals surface area contributed by atoms with Gasteiger partial charge in [0.05, 0.1) is 37.3 Å². The molecule has 0 atom stereocenters. The molecule has 1 fully saturated rings. The van der Waals surface area contributed by atoms with Crippen molar-refractivity contribution in [3.05, 3.63) is 77.4 Å². The fraction of sp³-hybridized carbons (Fsp3) is 0.447. The van der Waals surface area contributed by atoms with E-state index in [9.17, 15) is 14.4 Å². The number of ether oxygens (including phenoxy) is 3. The predicted molar refractivity (Wildman–Crippen MR) is 189 cm³/mol.